The van der Waals surface area contributed by atoms with Crippen molar-refractivity contribution in [2.45, 2.75) is 25.5 Å². The molecule has 1 saturated heterocycles. The molecule has 4 aromatic rings. The number of nitrogens with two attached hydrogens (primary N) is 2. The SMILES string of the molecule is CC1(C)OC(=O)N(c2ccc(-c3cnc(N)c(-c4nccc(C(=N)N)n4)c3)cc2)C1c1ccccc1. The average Bonchev–Trinajstić information content (AvgIpc) is 3.13. The molecule has 3 heterocycles. The van der Waals surface area contributed by atoms with Crippen LogP contribution in [0.2, 0.25) is 0 Å². The Balaban J connectivity index is 1.49. The van der Waals surface area contributed by atoms with Crippen LogP contribution in [0.4, 0.5) is 16.3 Å². The van der Waals surface area contributed by atoms with Crippen LogP contribution in [-0.4, -0.2) is 32.5 Å². The first-order valence-corrected chi connectivity index (χ1v) is 11.4. The molecule has 1 aliphatic heterocycles. The third-order valence-corrected chi connectivity index (χ3v) is 6.15. The van der Waals surface area contributed by atoms with Crippen LogP contribution < -0.4 is 16.4 Å². The predicted molar refractivity (Wildman–Crippen MR) is 138 cm³/mol. The average molecular weight is 480 g/mol. The van der Waals surface area contributed by atoms with Crippen LogP contribution in [0, 0.1) is 5.41 Å². The lowest BCUT2D eigenvalue weighted by Gasteiger charge is -2.29. The van der Waals surface area contributed by atoms with Crippen LogP contribution in [0.1, 0.15) is 31.1 Å². The largest absolute Gasteiger partial charge is 0.441 e. The second kappa shape index (κ2) is 8.77. The number of carbonyl (C=O) groups is 1. The highest BCUT2D eigenvalue weighted by atomic mass is 16.6. The Morgan fingerprint density at radius 1 is 1.03 bits per heavy atom. The fourth-order valence-corrected chi connectivity index (χ4v) is 4.45. The number of nitrogens with one attached hydrogen (secondary N) is 1. The van der Waals surface area contributed by atoms with Gasteiger partial charge in [-0.1, -0.05) is 42.5 Å². The summed E-state index contributed by atoms with van der Waals surface area (Å²) in [6.45, 7) is 3.84. The first kappa shape index (κ1) is 23.0. The van der Waals surface area contributed by atoms with Crippen molar-refractivity contribution in [3.8, 4) is 22.5 Å². The minimum Gasteiger partial charge on any atom is -0.441 e. The van der Waals surface area contributed by atoms with Crippen LogP contribution in [-0.2, 0) is 4.74 Å². The van der Waals surface area contributed by atoms with E-state index in [9.17, 15) is 4.79 Å². The zero-order valence-electron chi connectivity index (χ0n) is 19.8. The first-order chi connectivity index (χ1) is 17.2. The Kier molecular flexibility index (Phi) is 5.60. The van der Waals surface area contributed by atoms with Crippen LogP contribution in [0.15, 0.2) is 79.1 Å². The third kappa shape index (κ3) is 4.11. The van der Waals surface area contributed by atoms with E-state index in [4.69, 9.17) is 21.6 Å². The molecule has 1 unspecified atom stereocenters. The third-order valence-electron chi connectivity index (χ3n) is 6.15. The normalized spacial score (nSPS) is 16.6. The smallest absolute Gasteiger partial charge is 0.415 e. The molecule has 1 atom stereocenters. The summed E-state index contributed by atoms with van der Waals surface area (Å²) in [4.78, 5) is 27.5. The Hall–Kier alpha value is -4.79. The molecule has 5 N–H and O–H groups in total. The highest BCUT2D eigenvalue weighted by Crippen LogP contribution is 2.44. The number of hydrogen-bond donors (Lipinski definition) is 3. The molecule has 5 rings (SSSR count). The summed E-state index contributed by atoms with van der Waals surface area (Å²) in [6.07, 6.45) is 2.81. The molecule has 1 aliphatic rings. The lowest BCUT2D eigenvalue weighted by Crippen LogP contribution is -2.33. The number of carbonyl (C=O) groups excluding carboxylic acids is 1. The van der Waals surface area contributed by atoms with Crippen LogP contribution in [0.3, 0.4) is 0 Å². The monoisotopic (exact) mass is 479 g/mol. The van der Waals surface area contributed by atoms with Crippen molar-refractivity contribution in [1.29, 1.82) is 5.41 Å². The van der Waals surface area contributed by atoms with Crippen molar-refractivity contribution >= 4 is 23.4 Å². The number of cyclic esters (lactones) is 1. The van der Waals surface area contributed by atoms with Gasteiger partial charge in [-0.25, -0.2) is 19.7 Å². The number of nitrogen functional groups attached to an aromatic ring is 2. The van der Waals surface area contributed by atoms with E-state index in [1.807, 2.05) is 74.5 Å². The first-order valence-electron chi connectivity index (χ1n) is 11.4. The molecule has 36 heavy (non-hydrogen) atoms. The van der Waals surface area contributed by atoms with Gasteiger partial charge in [-0.15, -0.1) is 0 Å². The fraction of sp³-hybridized carbons (Fsp3) is 0.148. The summed E-state index contributed by atoms with van der Waals surface area (Å²) in [7, 11) is 0. The van der Waals surface area contributed by atoms with E-state index in [0.29, 0.717) is 17.1 Å². The summed E-state index contributed by atoms with van der Waals surface area (Å²) in [6, 6.07) is 20.6. The standard InChI is InChI=1S/C27H25N7O2/c1-27(2)22(17-6-4-3-5-7-17)34(26(35)36-27)19-10-8-16(9-11-19)18-14-20(24(30)32-15-18)25-31-13-12-21(33-25)23(28)29/h3-15,22H,1-2H3,(H3,28,29)(H2,30,32). The maximum Gasteiger partial charge on any atom is 0.415 e. The van der Waals surface area contributed by atoms with Crippen molar-refractivity contribution in [3.63, 3.8) is 0 Å². The quantitative estimate of drug-likeness (QED) is 0.281. The van der Waals surface area contributed by atoms with Gasteiger partial charge in [0.2, 0.25) is 0 Å². The van der Waals surface area contributed by atoms with E-state index in [2.05, 4.69) is 15.0 Å². The number of pyridine rings is 1. The number of rotatable bonds is 5. The number of amidine groups is 1. The van der Waals surface area contributed by atoms with Gasteiger partial charge in [0.25, 0.3) is 0 Å². The number of anilines is 2. The zero-order chi connectivity index (χ0) is 25.4. The molecule has 0 saturated carbocycles. The Morgan fingerprint density at radius 2 is 1.75 bits per heavy atom. The number of ether oxygens (including phenoxy) is 1. The van der Waals surface area contributed by atoms with Gasteiger partial charge in [-0.2, -0.15) is 0 Å². The summed E-state index contributed by atoms with van der Waals surface area (Å²) >= 11 is 0. The molecule has 0 bridgehead atoms. The van der Waals surface area contributed by atoms with Crippen molar-refractivity contribution < 1.29 is 9.53 Å². The molecular weight excluding hydrogens is 454 g/mol. The molecule has 9 nitrogen and oxygen atoms in total. The van der Waals surface area contributed by atoms with Gasteiger partial charge in [-0.3, -0.25) is 10.3 Å². The van der Waals surface area contributed by atoms with Crippen LogP contribution >= 0.6 is 0 Å². The van der Waals surface area contributed by atoms with E-state index in [1.165, 1.54) is 6.20 Å². The van der Waals surface area contributed by atoms with Crippen LogP contribution in [0.5, 0.6) is 0 Å². The second-order valence-electron chi connectivity index (χ2n) is 9.04. The molecule has 2 aromatic carbocycles. The Morgan fingerprint density at radius 3 is 2.44 bits per heavy atom. The number of aromatic nitrogens is 3. The number of hydrogen-bond acceptors (Lipinski definition) is 7. The molecule has 0 radical (unpaired) electrons. The van der Waals surface area contributed by atoms with Crippen LogP contribution in [0.25, 0.3) is 22.5 Å². The molecule has 0 aliphatic carbocycles. The maximum absolute atomic E-state index is 12.9. The van der Waals surface area contributed by atoms with E-state index in [1.54, 1.807) is 17.2 Å². The molecule has 1 fully saturated rings. The minimum atomic E-state index is -0.693. The van der Waals surface area contributed by atoms with Gasteiger partial charge in [0.15, 0.2) is 5.82 Å². The molecule has 180 valence electrons. The zero-order valence-corrected chi connectivity index (χ0v) is 19.8. The summed E-state index contributed by atoms with van der Waals surface area (Å²) in [5, 5.41) is 7.63. The Labute approximate surface area is 208 Å². The number of amides is 1. The highest BCUT2D eigenvalue weighted by molar-refractivity contribution is 5.94. The van der Waals surface area contributed by atoms with E-state index in [-0.39, 0.29) is 23.8 Å². The van der Waals surface area contributed by atoms with Crippen molar-refractivity contribution in [3.05, 3.63) is 90.4 Å². The van der Waals surface area contributed by atoms with Gasteiger partial charge < -0.3 is 16.2 Å². The van der Waals surface area contributed by atoms with E-state index >= 15 is 0 Å². The summed E-state index contributed by atoms with van der Waals surface area (Å²) in [5.41, 5.74) is 15.2. The lowest BCUT2D eigenvalue weighted by atomic mass is 9.91. The molecular formula is C27H25N7O2. The minimum absolute atomic E-state index is 0.158. The summed E-state index contributed by atoms with van der Waals surface area (Å²) in [5.74, 6) is 0.442. The Bertz CT molecular complexity index is 1450. The molecule has 0 spiro atoms. The van der Waals surface area contributed by atoms with Gasteiger partial charge >= 0.3 is 6.09 Å². The van der Waals surface area contributed by atoms with E-state index < -0.39 is 5.60 Å². The van der Waals surface area contributed by atoms with Gasteiger partial charge in [0.1, 0.15) is 29.0 Å². The molecule has 2 aromatic heterocycles. The number of benzene rings is 2. The lowest BCUT2D eigenvalue weighted by molar-refractivity contribution is 0.0685. The topological polar surface area (TPSA) is 144 Å². The number of nitrogens with zero attached hydrogens (tertiary/aromatic N) is 4. The second-order valence-corrected chi connectivity index (χ2v) is 9.04. The molecule has 1 amide bonds. The maximum atomic E-state index is 12.9. The summed E-state index contributed by atoms with van der Waals surface area (Å²) < 4.78 is 5.73. The van der Waals surface area contributed by atoms with Crippen molar-refractivity contribution in [1.82, 2.24) is 15.0 Å². The van der Waals surface area contributed by atoms with E-state index in [0.717, 1.165) is 22.4 Å². The highest BCUT2D eigenvalue weighted by Gasteiger charge is 2.49. The fourth-order valence-electron chi connectivity index (χ4n) is 4.45. The van der Waals surface area contributed by atoms with Gasteiger partial charge in [0.05, 0.1) is 5.56 Å². The predicted octanol–water partition coefficient (Wildman–Crippen LogP) is 4.55. The van der Waals surface area contributed by atoms with Crippen molar-refractivity contribution in [2.75, 3.05) is 10.6 Å². The van der Waals surface area contributed by atoms with Gasteiger partial charge in [-0.05, 0) is 49.2 Å². The van der Waals surface area contributed by atoms with Crippen molar-refractivity contribution in [2.24, 2.45) is 5.73 Å². The molecule has 9 heteroatoms. The van der Waals surface area contributed by atoms with Gasteiger partial charge in [0, 0.05) is 23.6 Å².